The number of ether oxygens (including phenoxy) is 2. The molecule has 1 aromatic carbocycles. The molecule has 0 unspecified atom stereocenters. The lowest BCUT2D eigenvalue weighted by molar-refractivity contribution is -0.158. The summed E-state index contributed by atoms with van der Waals surface area (Å²) in [7, 11) is 0. The molecule has 23 heavy (non-hydrogen) atoms. The highest BCUT2D eigenvalue weighted by Crippen LogP contribution is 2.12. The topological polar surface area (TPSA) is 70.4 Å². The van der Waals surface area contributed by atoms with Crippen LogP contribution in [0.4, 0.5) is 0 Å². The number of carbonyl (C=O) groups is 2. The second kappa shape index (κ2) is 6.64. The van der Waals surface area contributed by atoms with E-state index in [9.17, 15) is 9.59 Å². The van der Waals surface area contributed by atoms with E-state index in [0.29, 0.717) is 5.56 Å². The first-order valence-electron chi connectivity index (χ1n) is 7.26. The monoisotopic (exact) mass is 316 g/mol. The Morgan fingerprint density at radius 1 is 1.13 bits per heavy atom. The van der Waals surface area contributed by atoms with Crippen molar-refractivity contribution in [3.8, 4) is 5.69 Å². The summed E-state index contributed by atoms with van der Waals surface area (Å²) in [6.07, 6.45) is 1.71. The highest BCUT2D eigenvalue weighted by Gasteiger charge is 2.18. The Hall–Kier alpha value is -2.63. The van der Waals surface area contributed by atoms with Crippen molar-refractivity contribution in [3.05, 3.63) is 47.8 Å². The number of aryl methyl sites for hydroxylation is 1. The van der Waals surface area contributed by atoms with Gasteiger partial charge in [-0.1, -0.05) is 0 Å². The van der Waals surface area contributed by atoms with E-state index in [1.54, 1.807) is 55.9 Å². The van der Waals surface area contributed by atoms with Crippen molar-refractivity contribution >= 4 is 11.9 Å². The van der Waals surface area contributed by atoms with Crippen LogP contribution >= 0.6 is 0 Å². The predicted octanol–water partition coefficient (Wildman–Crippen LogP) is 2.68. The van der Waals surface area contributed by atoms with Crippen LogP contribution in [0.2, 0.25) is 0 Å². The van der Waals surface area contributed by atoms with Gasteiger partial charge >= 0.3 is 11.9 Å². The van der Waals surface area contributed by atoms with E-state index in [2.05, 4.69) is 5.10 Å². The van der Waals surface area contributed by atoms with Crippen LogP contribution in [0.5, 0.6) is 0 Å². The normalized spacial score (nSPS) is 11.1. The van der Waals surface area contributed by atoms with Gasteiger partial charge in [-0.25, -0.2) is 14.3 Å². The van der Waals surface area contributed by atoms with Crippen LogP contribution in [-0.4, -0.2) is 33.9 Å². The molecule has 1 aromatic heterocycles. The van der Waals surface area contributed by atoms with Gasteiger partial charge in [0.25, 0.3) is 0 Å². The lowest BCUT2D eigenvalue weighted by atomic mass is 10.2. The Labute approximate surface area is 135 Å². The molecule has 6 heteroatoms. The maximum absolute atomic E-state index is 11.9. The van der Waals surface area contributed by atoms with Gasteiger partial charge in [-0.2, -0.15) is 5.10 Å². The quantitative estimate of drug-likeness (QED) is 0.811. The van der Waals surface area contributed by atoms with Gasteiger partial charge in [0.1, 0.15) is 5.60 Å². The van der Waals surface area contributed by atoms with Gasteiger partial charge in [-0.15, -0.1) is 0 Å². The number of hydrogen-bond donors (Lipinski definition) is 0. The van der Waals surface area contributed by atoms with Gasteiger partial charge in [0.15, 0.2) is 6.61 Å². The highest BCUT2D eigenvalue weighted by molar-refractivity contribution is 5.90. The van der Waals surface area contributed by atoms with Gasteiger partial charge < -0.3 is 9.47 Å². The molecule has 0 fully saturated rings. The molecule has 2 rings (SSSR count). The van der Waals surface area contributed by atoms with Crippen molar-refractivity contribution in [3.63, 3.8) is 0 Å². The zero-order valence-corrected chi connectivity index (χ0v) is 13.7. The minimum atomic E-state index is -0.604. The van der Waals surface area contributed by atoms with Gasteiger partial charge in [-0.05, 0) is 58.0 Å². The van der Waals surface area contributed by atoms with Crippen LogP contribution in [0, 0.1) is 6.92 Å². The number of nitrogens with zero attached hydrogens (tertiary/aromatic N) is 2. The van der Waals surface area contributed by atoms with Gasteiger partial charge in [0.05, 0.1) is 11.3 Å². The first kappa shape index (κ1) is 16.7. The van der Waals surface area contributed by atoms with Crippen molar-refractivity contribution in [1.82, 2.24) is 9.78 Å². The van der Waals surface area contributed by atoms with Crippen LogP contribution < -0.4 is 0 Å². The Morgan fingerprint density at radius 2 is 1.78 bits per heavy atom. The number of esters is 2. The summed E-state index contributed by atoms with van der Waals surface area (Å²) < 4.78 is 11.8. The molecule has 1 heterocycles. The Morgan fingerprint density at radius 3 is 2.30 bits per heavy atom. The van der Waals surface area contributed by atoms with Crippen LogP contribution in [0.15, 0.2) is 36.5 Å². The van der Waals surface area contributed by atoms with E-state index in [4.69, 9.17) is 9.47 Å². The minimum Gasteiger partial charge on any atom is -0.457 e. The molecule has 0 N–H and O–H groups in total. The lowest BCUT2D eigenvalue weighted by Gasteiger charge is -2.19. The van der Waals surface area contributed by atoms with E-state index in [1.165, 1.54) is 0 Å². The predicted molar refractivity (Wildman–Crippen MR) is 84.4 cm³/mol. The molecule has 0 saturated carbocycles. The standard InChI is InChI=1S/C17H20N2O4/c1-12-9-10-18-19(12)14-7-5-13(6-8-14)16(21)22-11-15(20)23-17(2,3)4/h5-10H,11H2,1-4H3. The average Bonchev–Trinajstić information content (AvgIpc) is 2.89. The fourth-order valence-electron chi connectivity index (χ4n) is 1.96. The summed E-state index contributed by atoms with van der Waals surface area (Å²) in [4.78, 5) is 23.5. The summed E-state index contributed by atoms with van der Waals surface area (Å²) in [6, 6.07) is 8.69. The largest absolute Gasteiger partial charge is 0.457 e. The SMILES string of the molecule is Cc1ccnn1-c1ccc(C(=O)OCC(=O)OC(C)(C)C)cc1. The maximum Gasteiger partial charge on any atom is 0.344 e. The highest BCUT2D eigenvalue weighted by atomic mass is 16.6. The first-order valence-corrected chi connectivity index (χ1v) is 7.26. The second-order valence-corrected chi connectivity index (χ2v) is 6.09. The van der Waals surface area contributed by atoms with E-state index in [1.807, 2.05) is 13.0 Å². The Balaban J connectivity index is 1.96. The van der Waals surface area contributed by atoms with E-state index < -0.39 is 24.1 Å². The summed E-state index contributed by atoms with van der Waals surface area (Å²) in [5.41, 5.74) is 1.59. The summed E-state index contributed by atoms with van der Waals surface area (Å²) in [5, 5.41) is 4.19. The van der Waals surface area contributed by atoms with Crippen molar-refractivity contribution in [2.75, 3.05) is 6.61 Å². The third kappa shape index (κ3) is 4.67. The summed E-state index contributed by atoms with van der Waals surface area (Å²) in [6.45, 7) is 6.79. The summed E-state index contributed by atoms with van der Waals surface area (Å²) >= 11 is 0. The molecule has 0 atom stereocenters. The van der Waals surface area contributed by atoms with Gasteiger partial charge in [0.2, 0.25) is 0 Å². The molecule has 0 aliphatic carbocycles. The molecule has 0 saturated heterocycles. The number of carbonyl (C=O) groups excluding carboxylic acids is 2. The second-order valence-electron chi connectivity index (χ2n) is 6.09. The van der Waals surface area contributed by atoms with Crippen LogP contribution in [-0.2, 0) is 14.3 Å². The van der Waals surface area contributed by atoms with E-state index in [-0.39, 0.29) is 0 Å². The van der Waals surface area contributed by atoms with Crippen LogP contribution in [0.25, 0.3) is 5.69 Å². The average molecular weight is 316 g/mol. The molecule has 2 aromatic rings. The number of hydrogen-bond acceptors (Lipinski definition) is 5. The fraction of sp³-hybridized carbons (Fsp3) is 0.353. The number of rotatable bonds is 4. The fourth-order valence-corrected chi connectivity index (χ4v) is 1.96. The molecule has 0 aliphatic rings. The lowest BCUT2D eigenvalue weighted by Crippen LogP contribution is -2.27. The first-order chi connectivity index (χ1) is 10.8. The third-order valence-electron chi connectivity index (χ3n) is 2.92. The maximum atomic E-state index is 11.9. The molecule has 0 radical (unpaired) electrons. The molecule has 0 spiro atoms. The van der Waals surface area contributed by atoms with E-state index >= 15 is 0 Å². The minimum absolute atomic E-state index is 0.363. The molecule has 0 bridgehead atoms. The zero-order valence-electron chi connectivity index (χ0n) is 13.7. The molecule has 122 valence electrons. The van der Waals surface area contributed by atoms with Crippen LogP contribution in [0.1, 0.15) is 36.8 Å². The van der Waals surface area contributed by atoms with Crippen LogP contribution in [0.3, 0.4) is 0 Å². The van der Waals surface area contributed by atoms with Crippen molar-refractivity contribution in [1.29, 1.82) is 0 Å². The molecular weight excluding hydrogens is 296 g/mol. The van der Waals surface area contributed by atoms with Crippen molar-refractivity contribution < 1.29 is 19.1 Å². The Bertz CT molecular complexity index is 696. The molecule has 6 nitrogen and oxygen atoms in total. The Kier molecular flexibility index (Phi) is 4.83. The number of aromatic nitrogens is 2. The number of benzene rings is 1. The zero-order chi connectivity index (χ0) is 17.0. The van der Waals surface area contributed by atoms with Gasteiger partial charge in [0, 0.05) is 11.9 Å². The molecule has 0 aliphatic heterocycles. The molecule has 0 amide bonds. The molecular formula is C17H20N2O4. The third-order valence-corrected chi connectivity index (χ3v) is 2.92. The van der Waals surface area contributed by atoms with Gasteiger partial charge in [-0.3, -0.25) is 0 Å². The van der Waals surface area contributed by atoms with Crippen molar-refractivity contribution in [2.45, 2.75) is 33.3 Å². The van der Waals surface area contributed by atoms with E-state index in [0.717, 1.165) is 11.4 Å². The summed E-state index contributed by atoms with van der Waals surface area (Å²) in [5.74, 6) is -1.14. The smallest absolute Gasteiger partial charge is 0.344 e. The van der Waals surface area contributed by atoms with Crippen molar-refractivity contribution in [2.24, 2.45) is 0 Å².